The van der Waals surface area contributed by atoms with Crippen LogP contribution in [0.2, 0.25) is 0 Å². The van der Waals surface area contributed by atoms with E-state index in [0.29, 0.717) is 23.7 Å². The second-order valence-corrected chi connectivity index (χ2v) is 11.9. The summed E-state index contributed by atoms with van der Waals surface area (Å²) in [7, 11) is 0. The summed E-state index contributed by atoms with van der Waals surface area (Å²) in [5.74, 6) is 5.20. The van der Waals surface area contributed by atoms with E-state index in [1.807, 2.05) is 0 Å². The summed E-state index contributed by atoms with van der Waals surface area (Å²) in [5, 5.41) is 0. The third-order valence-corrected chi connectivity index (χ3v) is 10.6. The molecule has 0 aliphatic heterocycles. The molecule has 0 aromatic rings. The van der Waals surface area contributed by atoms with Crippen LogP contribution in [0.3, 0.4) is 0 Å². The Balaban J connectivity index is 1.49. The summed E-state index contributed by atoms with van der Waals surface area (Å²) >= 11 is 0. The maximum absolute atomic E-state index is 12.9. The van der Waals surface area contributed by atoms with E-state index in [9.17, 15) is 13.2 Å². The second-order valence-electron chi connectivity index (χ2n) is 11.9. The lowest BCUT2D eigenvalue weighted by Gasteiger charge is -2.61. The Morgan fingerprint density at radius 3 is 2.21 bits per heavy atom. The third-order valence-electron chi connectivity index (χ3n) is 10.6. The molecule has 0 heterocycles. The van der Waals surface area contributed by atoms with Gasteiger partial charge in [0.25, 0.3) is 0 Å². The van der Waals surface area contributed by atoms with Gasteiger partial charge in [0.1, 0.15) is 0 Å². The Kier molecular flexibility index (Phi) is 5.40. The fourth-order valence-electron chi connectivity index (χ4n) is 8.82. The molecular weight excluding hydrogens is 357 g/mol. The summed E-state index contributed by atoms with van der Waals surface area (Å²) in [6.07, 6.45) is 7.41. The maximum Gasteiger partial charge on any atom is 0.389 e. The lowest BCUT2D eigenvalue weighted by molar-refractivity contribution is -0.144. The molecule has 4 aliphatic rings. The van der Waals surface area contributed by atoms with E-state index in [4.69, 9.17) is 0 Å². The van der Waals surface area contributed by atoms with Crippen molar-refractivity contribution in [3.63, 3.8) is 0 Å². The van der Waals surface area contributed by atoms with Crippen LogP contribution in [0.25, 0.3) is 0 Å². The van der Waals surface area contributed by atoms with Crippen molar-refractivity contribution in [1.82, 2.24) is 0 Å². The van der Waals surface area contributed by atoms with Gasteiger partial charge in [0, 0.05) is 6.42 Å². The molecule has 0 bridgehead atoms. The molecule has 4 rings (SSSR count). The van der Waals surface area contributed by atoms with E-state index in [1.165, 1.54) is 51.4 Å². The normalized spacial score (nSPS) is 48.9. The summed E-state index contributed by atoms with van der Waals surface area (Å²) in [4.78, 5) is 0. The minimum atomic E-state index is -3.99. The monoisotopic (exact) mass is 398 g/mol. The van der Waals surface area contributed by atoms with Gasteiger partial charge in [-0.05, 0) is 116 Å². The summed E-state index contributed by atoms with van der Waals surface area (Å²) in [6, 6.07) is 0. The van der Waals surface area contributed by atoms with E-state index >= 15 is 0 Å². The molecule has 0 aromatic carbocycles. The van der Waals surface area contributed by atoms with Gasteiger partial charge in [-0.2, -0.15) is 13.2 Å². The number of hydrogen-bond donors (Lipinski definition) is 0. The average Bonchev–Trinajstić information content (AvgIpc) is 2.95. The van der Waals surface area contributed by atoms with Crippen LogP contribution < -0.4 is 0 Å². The molecular formula is C25H41F3. The highest BCUT2D eigenvalue weighted by molar-refractivity contribution is 5.09. The smallest absolute Gasteiger partial charge is 0.171 e. The molecule has 0 N–H and O–H groups in total. The van der Waals surface area contributed by atoms with E-state index < -0.39 is 12.6 Å². The molecule has 0 spiro atoms. The molecule has 4 saturated carbocycles. The van der Waals surface area contributed by atoms with E-state index in [-0.39, 0.29) is 5.41 Å². The minimum Gasteiger partial charge on any atom is -0.171 e. The molecule has 4 aliphatic carbocycles. The number of alkyl halides is 3. The maximum atomic E-state index is 12.9. The molecule has 8 unspecified atom stereocenters. The molecule has 8 atom stereocenters. The highest BCUT2D eigenvalue weighted by Crippen LogP contribution is 2.68. The minimum absolute atomic E-state index is 0.171. The first-order valence-electron chi connectivity index (χ1n) is 12.1. The topological polar surface area (TPSA) is 0 Å². The molecule has 3 heteroatoms. The molecule has 0 nitrogen and oxygen atoms in total. The molecule has 28 heavy (non-hydrogen) atoms. The van der Waals surface area contributed by atoms with Crippen molar-refractivity contribution in [3.8, 4) is 0 Å². The van der Waals surface area contributed by atoms with Gasteiger partial charge >= 0.3 is 6.18 Å². The first-order valence-corrected chi connectivity index (χ1v) is 12.1. The quantitative estimate of drug-likeness (QED) is 0.449. The number of halogens is 3. The van der Waals surface area contributed by atoms with Gasteiger partial charge in [0.15, 0.2) is 0 Å². The van der Waals surface area contributed by atoms with E-state index in [0.717, 1.165) is 36.0 Å². The van der Waals surface area contributed by atoms with Crippen molar-refractivity contribution in [2.24, 2.45) is 52.3 Å². The molecule has 0 aromatic heterocycles. The summed E-state index contributed by atoms with van der Waals surface area (Å²) < 4.78 is 38.6. The van der Waals surface area contributed by atoms with Gasteiger partial charge in [0.05, 0.1) is 0 Å². The first-order chi connectivity index (χ1) is 13.0. The highest BCUT2D eigenvalue weighted by atomic mass is 19.4. The van der Waals surface area contributed by atoms with Crippen LogP contribution in [0, 0.1) is 52.3 Å². The SMILES string of the molecule is CC(C)C1CCC2(C)C(CCC3C4CCC(CCC(F)(F)F)C4(C)CCC32)C1. The Hall–Kier alpha value is -0.210. The zero-order valence-electron chi connectivity index (χ0n) is 18.5. The van der Waals surface area contributed by atoms with Gasteiger partial charge in [0.2, 0.25) is 0 Å². The fourth-order valence-corrected chi connectivity index (χ4v) is 8.82. The summed E-state index contributed by atoms with van der Waals surface area (Å²) in [6.45, 7) is 9.75. The van der Waals surface area contributed by atoms with Gasteiger partial charge in [-0.1, -0.05) is 27.7 Å². The zero-order chi connectivity index (χ0) is 20.3. The van der Waals surface area contributed by atoms with E-state index in [1.54, 1.807) is 0 Å². The first kappa shape index (κ1) is 21.0. The molecule has 0 radical (unpaired) electrons. The van der Waals surface area contributed by atoms with Crippen LogP contribution in [0.1, 0.15) is 98.3 Å². The van der Waals surface area contributed by atoms with Crippen LogP contribution >= 0.6 is 0 Å². The molecule has 0 amide bonds. The lowest BCUT2D eigenvalue weighted by Crippen LogP contribution is -2.53. The second kappa shape index (κ2) is 7.19. The fraction of sp³-hybridized carbons (Fsp3) is 1.00. The summed E-state index contributed by atoms with van der Waals surface area (Å²) in [5.41, 5.74) is 0.671. The molecule has 4 fully saturated rings. The van der Waals surface area contributed by atoms with Crippen molar-refractivity contribution in [3.05, 3.63) is 0 Å². The third kappa shape index (κ3) is 3.45. The Morgan fingerprint density at radius 1 is 0.857 bits per heavy atom. The van der Waals surface area contributed by atoms with Crippen LogP contribution in [0.4, 0.5) is 13.2 Å². The van der Waals surface area contributed by atoms with Crippen LogP contribution in [0.15, 0.2) is 0 Å². The van der Waals surface area contributed by atoms with Crippen molar-refractivity contribution < 1.29 is 13.2 Å². The van der Waals surface area contributed by atoms with Gasteiger partial charge in [-0.3, -0.25) is 0 Å². The van der Waals surface area contributed by atoms with Crippen LogP contribution in [-0.2, 0) is 0 Å². The van der Waals surface area contributed by atoms with Crippen molar-refractivity contribution >= 4 is 0 Å². The average molecular weight is 399 g/mol. The van der Waals surface area contributed by atoms with Gasteiger partial charge in [-0.25, -0.2) is 0 Å². The van der Waals surface area contributed by atoms with Crippen molar-refractivity contribution in [2.75, 3.05) is 0 Å². The Labute approximate surface area is 170 Å². The van der Waals surface area contributed by atoms with E-state index in [2.05, 4.69) is 27.7 Å². The van der Waals surface area contributed by atoms with Crippen molar-refractivity contribution in [2.45, 2.75) is 105 Å². The molecule has 0 saturated heterocycles. The zero-order valence-corrected chi connectivity index (χ0v) is 18.5. The van der Waals surface area contributed by atoms with Gasteiger partial charge < -0.3 is 0 Å². The predicted octanol–water partition coefficient (Wildman–Crippen LogP) is 8.26. The lowest BCUT2D eigenvalue weighted by atomic mass is 9.44. The molecule has 162 valence electrons. The number of hydrogen-bond acceptors (Lipinski definition) is 0. The standard InChI is InChI=1S/C25H41F3/c1-16(2)17-9-12-24(4)19(15-17)5-7-20-21-8-6-18(10-14-25(26,27)28)23(21,3)13-11-22(20)24/h16-22H,5-15H2,1-4H3. The van der Waals surface area contributed by atoms with Gasteiger partial charge in [-0.15, -0.1) is 0 Å². The Bertz CT molecular complexity index is 567. The number of fused-ring (bicyclic) bond motifs is 5. The number of rotatable bonds is 3. The largest absolute Gasteiger partial charge is 0.389 e. The highest BCUT2D eigenvalue weighted by Gasteiger charge is 2.60. The Morgan fingerprint density at radius 2 is 1.54 bits per heavy atom. The van der Waals surface area contributed by atoms with Crippen molar-refractivity contribution in [1.29, 1.82) is 0 Å². The predicted molar refractivity (Wildman–Crippen MR) is 109 cm³/mol. The van der Waals surface area contributed by atoms with Crippen LogP contribution in [-0.4, -0.2) is 6.18 Å². The van der Waals surface area contributed by atoms with Crippen LogP contribution in [0.5, 0.6) is 0 Å².